The lowest BCUT2D eigenvalue weighted by Crippen LogP contribution is -2.21. The van der Waals surface area contributed by atoms with Crippen molar-refractivity contribution in [3.63, 3.8) is 0 Å². The second-order valence-electron chi connectivity index (χ2n) is 2.88. The molecule has 0 radical (unpaired) electrons. The van der Waals surface area contributed by atoms with E-state index in [9.17, 15) is 9.59 Å². The summed E-state index contributed by atoms with van der Waals surface area (Å²) in [5, 5.41) is 2.77. The first-order chi connectivity index (χ1) is 6.66. The molecule has 5 heteroatoms. The number of imide groups is 1. The number of carbonyl (C=O) groups excluding carboxylic acids is 2. The summed E-state index contributed by atoms with van der Waals surface area (Å²) in [4.78, 5) is 22.1. The Labute approximate surface area is 91.5 Å². The molecular formula is C10H9ClN2O2. The fourth-order valence-electron chi connectivity index (χ4n) is 1.26. The van der Waals surface area contributed by atoms with Crippen LogP contribution in [0.1, 0.15) is 5.56 Å². The van der Waals surface area contributed by atoms with Gasteiger partial charge in [0.25, 0.3) is 11.8 Å². The third-order valence-electron chi connectivity index (χ3n) is 1.91. The molecule has 0 bridgehead atoms. The molecule has 1 aliphatic heterocycles. The number of nitrogens with one attached hydrogen (secondary N) is 1. The lowest BCUT2D eigenvalue weighted by Gasteiger charge is -1.99. The van der Waals surface area contributed by atoms with Crippen LogP contribution in [-0.4, -0.2) is 11.8 Å². The SMILES string of the molecule is O=C1C=C(c2ccc(Cl)cc2)C(=O)N1.[2NH3]. The first-order valence-corrected chi connectivity index (χ1v) is 4.37. The van der Waals surface area contributed by atoms with Crippen LogP contribution >= 0.6 is 11.6 Å². The molecule has 0 atom stereocenters. The van der Waals surface area contributed by atoms with Crippen molar-refractivity contribution in [1.29, 1.82) is 0 Å². The van der Waals surface area contributed by atoms with Crippen LogP contribution in [0.2, 0.25) is 5.02 Å². The summed E-state index contributed by atoms with van der Waals surface area (Å²) in [5.74, 6) is -0.739. The standard InChI is InChI=1S/C10H6ClNO2.H3N/c11-7-3-1-6(2-4-7)8-5-9(13)12-10(8)14;/h1-5H,(H,12,13,14);1H3/i;1-12. The van der Waals surface area contributed by atoms with Gasteiger partial charge in [-0.25, -0.2) is 0 Å². The highest BCUT2D eigenvalue weighted by Crippen LogP contribution is 2.19. The molecule has 15 heavy (non-hydrogen) atoms. The van der Waals surface area contributed by atoms with E-state index < -0.39 is 0 Å². The summed E-state index contributed by atoms with van der Waals surface area (Å²) in [7, 11) is 0. The Kier molecular flexibility index (Phi) is 3.24. The van der Waals surface area contributed by atoms with Crippen molar-refractivity contribution in [2.75, 3.05) is 0 Å². The van der Waals surface area contributed by atoms with Gasteiger partial charge < -0.3 is 6.15 Å². The van der Waals surface area contributed by atoms with Crippen molar-refractivity contribution < 1.29 is 9.59 Å². The van der Waals surface area contributed by atoms with Crippen LogP contribution in [-0.2, 0) is 9.59 Å². The van der Waals surface area contributed by atoms with Crippen molar-refractivity contribution in [2.45, 2.75) is 0 Å². The van der Waals surface area contributed by atoms with E-state index in [4.69, 9.17) is 11.6 Å². The van der Waals surface area contributed by atoms with Gasteiger partial charge in [-0.1, -0.05) is 23.7 Å². The smallest absolute Gasteiger partial charge is 0.258 e. The minimum absolute atomic E-state index is 0. The van der Waals surface area contributed by atoms with Crippen LogP contribution in [0.3, 0.4) is 0 Å². The van der Waals surface area contributed by atoms with Crippen molar-refractivity contribution in [3.05, 3.63) is 40.9 Å². The lowest BCUT2D eigenvalue weighted by atomic mass is 2.00. The van der Waals surface area contributed by atoms with Crippen LogP contribution in [0.25, 0.3) is 5.57 Å². The molecule has 0 fully saturated rings. The summed E-state index contributed by atoms with van der Waals surface area (Å²) < 4.78 is 0. The van der Waals surface area contributed by atoms with Gasteiger partial charge >= 0.3 is 0 Å². The molecule has 4 nitrogen and oxygen atoms in total. The van der Waals surface area contributed by atoms with Gasteiger partial charge in [0, 0.05) is 11.1 Å². The molecule has 0 aliphatic carbocycles. The topological polar surface area (TPSA) is 81.2 Å². The Morgan fingerprint density at radius 3 is 2.13 bits per heavy atom. The average molecular weight is 213 g/mol. The maximum Gasteiger partial charge on any atom is 0.258 e. The lowest BCUT2D eigenvalue weighted by molar-refractivity contribution is -0.123. The van der Waals surface area contributed by atoms with Crippen molar-refractivity contribution in [1.82, 2.24) is 11.5 Å². The van der Waals surface area contributed by atoms with Gasteiger partial charge in [0.15, 0.2) is 0 Å². The third-order valence-corrected chi connectivity index (χ3v) is 2.16. The molecule has 1 aliphatic rings. The summed E-state index contributed by atoms with van der Waals surface area (Å²) >= 11 is 5.70. The summed E-state index contributed by atoms with van der Waals surface area (Å²) in [6, 6.07) is 6.75. The van der Waals surface area contributed by atoms with Gasteiger partial charge in [-0.05, 0) is 17.7 Å². The van der Waals surface area contributed by atoms with E-state index in [1.54, 1.807) is 24.3 Å². The zero-order valence-corrected chi connectivity index (χ0v) is 8.54. The summed E-state index contributed by atoms with van der Waals surface area (Å²) in [5.41, 5.74) is 1.07. The fourth-order valence-corrected chi connectivity index (χ4v) is 1.38. The van der Waals surface area contributed by atoms with Gasteiger partial charge in [0.1, 0.15) is 0 Å². The Balaban J connectivity index is 0.00000112. The van der Waals surface area contributed by atoms with Gasteiger partial charge in [-0.3, -0.25) is 14.9 Å². The number of amides is 2. The van der Waals surface area contributed by atoms with E-state index in [1.807, 2.05) is 0 Å². The highest BCUT2D eigenvalue weighted by Gasteiger charge is 2.21. The third kappa shape index (κ3) is 2.23. The van der Waals surface area contributed by atoms with Gasteiger partial charge in [0.2, 0.25) is 0 Å². The summed E-state index contributed by atoms with van der Waals surface area (Å²) in [6.07, 6.45) is 1.28. The molecule has 4 N–H and O–H groups in total. The largest absolute Gasteiger partial charge is 0.344 e. The van der Waals surface area contributed by atoms with Crippen LogP contribution in [0.15, 0.2) is 30.3 Å². The zero-order chi connectivity index (χ0) is 10.1. The predicted octanol–water partition coefficient (Wildman–Crippen LogP) is 1.54. The van der Waals surface area contributed by atoms with E-state index in [0.29, 0.717) is 16.2 Å². The van der Waals surface area contributed by atoms with Crippen LogP contribution in [0, 0.1) is 0 Å². The van der Waals surface area contributed by atoms with Gasteiger partial charge in [-0.2, -0.15) is 0 Å². The van der Waals surface area contributed by atoms with E-state index in [-0.39, 0.29) is 18.0 Å². The molecule has 0 saturated heterocycles. The number of rotatable bonds is 1. The van der Waals surface area contributed by atoms with E-state index >= 15 is 0 Å². The van der Waals surface area contributed by atoms with Crippen molar-refractivity contribution in [3.8, 4) is 0 Å². The number of halogens is 1. The maximum atomic E-state index is 11.2. The van der Waals surface area contributed by atoms with Crippen LogP contribution in [0.4, 0.5) is 0 Å². The Hall–Kier alpha value is -1.65. The molecular weight excluding hydrogens is 204 g/mol. The zero-order valence-electron chi connectivity index (χ0n) is 7.79. The van der Waals surface area contributed by atoms with Gasteiger partial charge in [0.05, 0.1) is 5.57 Å². The molecule has 0 saturated carbocycles. The highest BCUT2D eigenvalue weighted by atomic mass is 35.5. The molecule has 2 rings (SSSR count). The Bertz CT molecular complexity index is 437. The van der Waals surface area contributed by atoms with E-state index in [0.717, 1.165) is 0 Å². The molecule has 1 aromatic carbocycles. The Morgan fingerprint density at radius 1 is 1.07 bits per heavy atom. The van der Waals surface area contributed by atoms with Crippen molar-refractivity contribution in [2.24, 2.45) is 0 Å². The first-order valence-electron chi connectivity index (χ1n) is 4.00. The molecule has 1 aromatic rings. The maximum absolute atomic E-state index is 11.2. The second kappa shape index (κ2) is 4.25. The normalized spacial score (nSPS) is 14.3. The number of hydrogen-bond acceptors (Lipinski definition) is 3. The fraction of sp³-hybridized carbons (Fsp3) is 0. The summed E-state index contributed by atoms with van der Waals surface area (Å²) in [6.45, 7) is 0. The molecule has 78 valence electrons. The van der Waals surface area contributed by atoms with Crippen LogP contribution in [0.5, 0.6) is 0 Å². The average Bonchev–Trinajstić information content (AvgIpc) is 2.47. The van der Waals surface area contributed by atoms with Gasteiger partial charge in [-0.15, -0.1) is 0 Å². The van der Waals surface area contributed by atoms with E-state index in [1.165, 1.54) is 6.08 Å². The first kappa shape index (κ1) is 11.4. The van der Waals surface area contributed by atoms with Crippen molar-refractivity contribution >= 4 is 29.0 Å². The monoisotopic (exact) mass is 212 g/mol. The second-order valence-corrected chi connectivity index (χ2v) is 3.32. The quantitative estimate of drug-likeness (QED) is 0.693. The number of hydrogen-bond donors (Lipinski definition) is 2. The predicted molar refractivity (Wildman–Crippen MR) is 57.6 cm³/mol. The highest BCUT2D eigenvalue weighted by molar-refractivity contribution is 6.34. The molecule has 0 aromatic heterocycles. The number of benzene rings is 1. The Morgan fingerprint density at radius 2 is 1.67 bits per heavy atom. The minimum atomic E-state index is -0.375. The molecule has 1 heterocycles. The molecule has 0 unspecified atom stereocenters. The minimum Gasteiger partial charge on any atom is -0.344 e. The molecule has 0 spiro atoms. The molecule has 2 amide bonds. The number of carbonyl (C=O) groups is 2. The van der Waals surface area contributed by atoms with Crippen LogP contribution < -0.4 is 11.5 Å². The van der Waals surface area contributed by atoms with E-state index in [2.05, 4.69) is 5.32 Å².